The summed E-state index contributed by atoms with van der Waals surface area (Å²) in [7, 11) is 0. The molecule has 0 aliphatic carbocycles. The minimum absolute atomic E-state index is 0.112. The monoisotopic (exact) mass is 326 g/mol. The Morgan fingerprint density at radius 3 is 2.61 bits per heavy atom. The van der Waals surface area contributed by atoms with Gasteiger partial charge in [-0.3, -0.25) is 4.79 Å². The van der Waals surface area contributed by atoms with E-state index in [1.807, 2.05) is 0 Å². The van der Waals surface area contributed by atoms with Crippen molar-refractivity contribution in [3.05, 3.63) is 10.4 Å². The highest BCUT2D eigenvalue weighted by Gasteiger charge is 2.34. The molecule has 1 fully saturated rings. The van der Waals surface area contributed by atoms with Crippen molar-refractivity contribution < 1.29 is 19.1 Å². The molecule has 8 nitrogen and oxygen atoms in total. The second-order valence-corrected chi connectivity index (χ2v) is 6.57. The lowest BCUT2D eigenvalue weighted by Crippen LogP contribution is -2.50. The number of esters is 1. The van der Waals surface area contributed by atoms with Crippen LogP contribution in [0.2, 0.25) is 0 Å². The minimum atomic E-state index is -0.603. The molecule has 0 aromatic rings. The largest absolute Gasteiger partial charge is 0.466 e. The Balaban J connectivity index is 2.74. The first kappa shape index (κ1) is 19.1. The van der Waals surface area contributed by atoms with Crippen LogP contribution in [0.4, 0.5) is 4.79 Å². The van der Waals surface area contributed by atoms with Gasteiger partial charge in [0.05, 0.1) is 12.6 Å². The van der Waals surface area contributed by atoms with Crippen LogP contribution in [-0.2, 0) is 14.3 Å². The van der Waals surface area contributed by atoms with E-state index in [0.29, 0.717) is 32.4 Å². The van der Waals surface area contributed by atoms with Crippen LogP contribution < -0.4 is 0 Å². The van der Waals surface area contributed by atoms with E-state index < -0.39 is 11.7 Å². The molecule has 2 atom stereocenters. The topological polar surface area (TPSA) is 105 Å². The third-order valence-electron chi connectivity index (χ3n) is 3.51. The Hall–Kier alpha value is -1.95. The van der Waals surface area contributed by atoms with Gasteiger partial charge in [0.2, 0.25) is 0 Å². The zero-order chi connectivity index (χ0) is 17.5. The standard InChI is InChI=1S/C15H26N4O4/c1-5-22-13(20)9-8-12-7-6-11(17-18-16)10-19(12)14(21)23-15(2,3)4/h11-12H,5-10H2,1-4H3/t11-,12-/m1/s1. The summed E-state index contributed by atoms with van der Waals surface area (Å²) < 4.78 is 10.4. The van der Waals surface area contributed by atoms with Crippen molar-refractivity contribution in [1.82, 2.24) is 4.90 Å². The van der Waals surface area contributed by atoms with Gasteiger partial charge in [-0.05, 0) is 52.5 Å². The van der Waals surface area contributed by atoms with Crippen LogP contribution in [0.5, 0.6) is 0 Å². The first-order chi connectivity index (χ1) is 10.8. The quantitative estimate of drug-likeness (QED) is 0.334. The molecule has 23 heavy (non-hydrogen) atoms. The second-order valence-electron chi connectivity index (χ2n) is 6.57. The number of hydrogen-bond acceptors (Lipinski definition) is 5. The predicted molar refractivity (Wildman–Crippen MR) is 84.8 cm³/mol. The van der Waals surface area contributed by atoms with E-state index in [9.17, 15) is 9.59 Å². The average Bonchev–Trinajstić information content (AvgIpc) is 2.44. The average molecular weight is 326 g/mol. The highest BCUT2D eigenvalue weighted by molar-refractivity contribution is 5.70. The molecular weight excluding hydrogens is 300 g/mol. The van der Waals surface area contributed by atoms with Crippen LogP contribution >= 0.6 is 0 Å². The summed E-state index contributed by atoms with van der Waals surface area (Å²) >= 11 is 0. The SMILES string of the molecule is CCOC(=O)CC[C@H]1CC[C@@H](N=[N+]=[N-])CN1C(=O)OC(C)(C)C. The van der Waals surface area contributed by atoms with Crippen molar-refractivity contribution in [3.63, 3.8) is 0 Å². The molecule has 1 saturated heterocycles. The van der Waals surface area contributed by atoms with Crippen molar-refractivity contribution in [2.45, 2.75) is 71.1 Å². The number of ether oxygens (including phenoxy) is 2. The first-order valence-electron chi connectivity index (χ1n) is 7.96. The normalized spacial score (nSPS) is 21.3. The van der Waals surface area contributed by atoms with Crippen LogP contribution in [0.3, 0.4) is 0 Å². The van der Waals surface area contributed by atoms with Crippen molar-refractivity contribution in [1.29, 1.82) is 0 Å². The molecule has 0 unspecified atom stereocenters. The van der Waals surface area contributed by atoms with Gasteiger partial charge in [-0.25, -0.2) is 4.79 Å². The Kier molecular flexibility index (Phi) is 7.16. The van der Waals surface area contributed by atoms with E-state index in [2.05, 4.69) is 10.0 Å². The van der Waals surface area contributed by atoms with E-state index in [1.165, 1.54) is 0 Å². The van der Waals surface area contributed by atoms with Crippen molar-refractivity contribution in [2.75, 3.05) is 13.2 Å². The number of carbonyl (C=O) groups excluding carboxylic acids is 2. The predicted octanol–water partition coefficient (Wildman–Crippen LogP) is 3.41. The van der Waals surface area contributed by atoms with Crippen LogP contribution in [0.15, 0.2) is 5.11 Å². The van der Waals surface area contributed by atoms with Gasteiger partial charge >= 0.3 is 12.1 Å². The molecule has 1 rings (SSSR count). The molecule has 1 aliphatic rings. The number of hydrogen-bond donors (Lipinski definition) is 0. The molecule has 1 heterocycles. The van der Waals surface area contributed by atoms with Crippen LogP contribution in [0, 0.1) is 0 Å². The third-order valence-corrected chi connectivity index (χ3v) is 3.51. The number of piperidine rings is 1. The van der Waals surface area contributed by atoms with Crippen molar-refractivity contribution in [2.24, 2.45) is 5.11 Å². The van der Waals surface area contributed by atoms with Gasteiger partial charge in [0.1, 0.15) is 5.60 Å². The molecule has 0 spiro atoms. The zero-order valence-electron chi connectivity index (χ0n) is 14.3. The number of likely N-dealkylation sites (tertiary alicyclic amines) is 1. The third kappa shape index (κ3) is 6.78. The Labute approximate surface area is 136 Å². The number of carbonyl (C=O) groups is 2. The van der Waals surface area contributed by atoms with Gasteiger partial charge in [0.15, 0.2) is 0 Å². The first-order valence-corrected chi connectivity index (χ1v) is 7.96. The lowest BCUT2D eigenvalue weighted by Gasteiger charge is -2.39. The number of rotatable bonds is 5. The van der Waals surface area contributed by atoms with Gasteiger partial charge < -0.3 is 14.4 Å². The van der Waals surface area contributed by atoms with Crippen LogP contribution in [-0.4, -0.2) is 47.8 Å². The molecule has 0 bridgehead atoms. The van der Waals surface area contributed by atoms with Gasteiger partial charge in [0, 0.05) is 23.9 Å². The molecule has 0 radical (unpaired) electrons. The Bertz CT molecular complexity index is 469. The maximum atomic E-state index is 12.4. The Morgan fingerprint density at radius 1 is 1.35 bits per heavy atom. The molecule has 0 saturated carbocycles. The fourth-order valence-corrected chi connectivity index (χ4v) is 2.54. The van der Waals surface area contributed by atoms with Crippen molar-refractivity contribution in [3.8, 4) is 0 Å². The second kappa shape index (κ2) is 8.62. The number of amides is 1. The maximum absolute atomic E-state index is 12.4. The molecule has 130 valence electrons. The molecular formula is C15H26N4O4. The summed E-state index contributed by atoms with van der Waals surface area (Å²) in [5.74, 6) is -0.270. The highest BCUT2D eigenvalue weighted by atomic mass is 16.6. The zero-order valence-corrected chi connectivity index (χ0v) is 14.3. The van der Waals surface area contributed by atoms with Gasteiger partial charge in [-0.15, -0.1) is 0 Å². The molecule has 0 aromatic carbocycles. The summed E-state index contributed by atoms with van der Waals surface area (Å²) in [4.78, 5) is 28.3. The van der Waals surface area contributed by atoms with Crippen LogP contribution in [0.25, 0.3) is 10.4 Å². The smallest absolute Gasteiger partial charge is 0.410 e. The molecule has 8 heteroatoms. The van der Waals surface area contributed by atoms with E-state index >= 15 is 0 Å². The fourth-order valence-electron chi connectivity index (χ4n) is 2.54. The Morgan fingerprint density at radius 2 is 2.04 bits per heavy atom. The minimum Gasteiger partial charge on any atom is -0.466 e. The number of nitrogens with zero attached hydrogens (tertiary/aromatic N) is 4. The van der Waals surface area contributed by atoms with E-state index in [4.69, 9.17) is 15.0 Å². The van der Waals surface area contributed by atoms with Gasteiger partial charge in [0.25, 0.3) is 0 Å². The van der Waals surface area contributed by atoms with Crippen LogP contribution in [0.1, 0.15) is 53.4 Å². The van der Waals surface area contributed by atoms with E-state index in [1.54, 1.807) is 32.6 Å². The molecule has 0 N–H and O–H groups in total. The lowest BCUT2D eigenvalue weighted by atomic mass is 9.95. The van der Waals surface area contributed by atoms with E-state index in [-0.39, 0.29) is 24.5 Å². The maximum Gasteiger partial charge on any atom is 0.410 e. The highest BCUT2D eigenvalue weighted by Crippen LogP contribution is 2.25. The van der Waals surface area contributed by atoms with Gasteiger partial charge in [-0.2, -0.15) is 0 Å². The number of azide groups is 1. The summed E-state index contributed by atoms with van der Waals surface area (Å²) in [6.45, 7) is 7.81. The molecule has 1 amide bonds. The molecule has 1 aliphatic heterocycles. The fraction of sp³-hybridized carbons (Fsp3) is 0.867. The summed E-state index contributed by atoms with van der Waals surface area (Å²) in [5.41, 5.74) is 7.99. The van der Waals surface area contributed by atoms with E-state index in [0.717, 1.165) is 0 Å². The molecule has 0 aromatic heterocycles. The summed E-state index contributed by atoms with van der Waals surface area (Å²) in [5, 5.41) is 3.71. The summed E-state index contributed by atoms with van der Waals surface area (Å²) in [6, 6.07) is -0.370. The van der Waals surface area contributed by atoms with Gasteiger partial charge in [-0.1, -0.05) is 5.11 Å². The lowest BCUT2D eigenvalue weighted by molar-refractivity contribution is -0.143. The summed E-state index contributed by atoms with van der Waals surface area (Å²) in [6.07, 6.45) is 1.69. The van der Waals surface area contributed by atoms with Crippen molar-refractivity contribution >= 4 is 12.1 Å².